The maximum absolute atomic E-state index is 11.9. The van der Waals surface area contributed by atoms with Crippen molar-refractivity contribution in [1.82, 2.24) is 16.0 Å². The molecule has 3 N–H and O–H groups in total. The van der Waals surface area contributed by atoms with Crippen molar-refractivity contribution >= 4 is 11.9 Å². The van der Waals surface area contributed by atoms with Crippen LogP contribution in [0.15, 0.2) is 59.6 Å². The molecular weight excluding hydrogens is 312 g/mol. The first-order chi connectivity index (χ1) is 12.2. The van der Waals surface area contributed by atoms with E-state index in [4.69, 9.17) is 0 Å². The minimum atomic E-state index is 0.0188. The Morgan fingerprint density at radius 3 is 2.20 bits per heavy atom. The highest BCUT2D eigenvalue weighted by molar-refractivity contribution is 5.81. The van der Waals surface area contributed by atoms with Gasteiger partial charge in [0.05, 0.1) is 0 Å². The van der Waals surface area contributed by atoms with Gasteiger partial charge in [-0.1, -0.05) is 60.2 Å². The number of hydrogen-bond donors (Lipinski definition) is 3. The van der Waals surface area contributed by atoms with Crippen LogP contribution in [0.5, 0.6) is 0 Å². The third kappa shape index (κ3) is 7.08. The average molecular weight is 338 g/mol. The number of nitrogens with zero attached hydrogens (tertiary/aromatic N) is 1. The predicted molar refractivity (Wildman–Crippen MR) is 102 cm³/mol. The first-order valence-corrected chi connectivity index (χ1v) is 8.48. The zero-order valence-corrected chi connectivity index (χ0v) is 14.9. The molecule has 5 heteroatoms. The molecular formula is C20H26N4O. The Balaban J connectivity index is 1.64. The topological polar surface area (TPSA) is 65.5 Å². The van der Waals surface area contributed by atoms with E-state index in [-0.39, 0.29) is 5.91 Å². The van der Waals surface area contributed by atoms with Crippen LogP contribution in [0.4, 0.5) is 0 Å². The van der Waals surface area contributed by atoms with Crippen LogP contribution in [0.25, 0.3) is 0 Å². The standard InChI is InChI=1S/C20H26N4O/c1-16-8-10-18(11-9-16)15-24-20(21-2)22-13-12-19(25)23-14-17-6-4-3-5-7-17/h3-11H,12-15H2,1-2H3,(H,23,25)(H2,21,22,24). The van der Waals surface area contributed by atoms with E-state index < -0.39 is 0 Å². The Morgan fingerprint density at radius 1 is 0.880 bits per heavy atom. The van der Waals surface area contributed by atoms with E-state index >= 15 is 0 Å². The Morgan fingerprint density at radius 2 is 1.52 bits per heavy atom. The number of aryl methyl sites for hydroxylation is 1. The molecule has 132 valence electrons. The minimum absolute atomic E-state index is 0.0188. The first-order valence-electron chi connectivity index (χ1n) is 8.48. The van der Waals surface area contributed by atoms with Crippen molar-refractivity contribution in [3.05, 3.63) is 71.3 Å². The van der Waals surface area contributed by atoms with Crippen LogP contribution in [0.2, 0.25) is 0 Å². The average Bonchev–Trinajstić information content (AvgIpc) is 2.65. The van der Waals surface area contributed by atoms with Crippen molar-refractivity contribution < 1.29 is 4.79 Å². The number of hydrogen-bond acceptors (Lipinski definition) is 2. The van der Waals surface area contributed by atoms with Gasteiger partial charge in [-0.25, -0.2) is 0 Å². The summed E-state index contributed by atoms with van der Waals surface area (Å²) in [6.07, 6.45) is 0.401. The Bertz CT molecular complexity index is 681. The predicted octanol–water partition coefficient (Wildman–Crippen LogP) is 2.37. The highest BCUT2D eigenvalue weighted by Gasteiger charge is 2.03. The lowest BCUT2D eigenvalue weighted by Gasteiger charge is -2.12. The van der Waals surface area contributed by atoms with Crippen LogP contribution in [0.1, 0.15) is 23.1 Å². The van der Waals surface area contributed by atoms with Gasteiger partial charge in [0.15, 0.2) is 5.96 Å². The van der Waals surface area contributed by atoms with Gasteiger partial charge in [-0.3, -0.25) is 9.79 Å². The molecule has 5 nitrogen and oxygen atoms in total. The number of guanidine groups is 1. The van der Waals surface area contributed by atoms with E-state index in [0.29, 0.717) is 32.0 Å². The van der Waals surface area contributed by atoms with Gasteiger partial charge in [0.2, 0.25) is 5.91 Å². The summed E-state index contributed by atoms with van der Waals surface area (Å²) in [5.41, 5.74) is 3.53. The molecule has 0 aromatic heterocycles. The van der Waals surface area contributed by atoms with Gasteiger partial charge in [0, 0.05) is 33.1 Å². The first kappa shape index (κ1) is 18.5. The summed E-state index contributed by atoms with van der Waals surface area (Å²) in [5, 5.41) is 9.32. The maximum Gasteiger partial charge on any atom is 0.222 e. The van der Waals surface area contributed by atoms with E-state index in [1.54, 1.807) is 7.05 Å². The lowest BCUT2D eigenvalue weighted by atomic mass is 10.1. The van der Waals surface area contributed by atoms with Gasteiger partial charge >= 0.3 is 0 Å². The number of carbonyl (C=O) groups is 1. The largest absolute Gasteiger partial charge is 0.356 e. The Labute approximate surface area is 149 Å². The van der Waals surface area contributed by atoms with Crippen LogP contribution >= 0.6 is 0 Å². The number of benzene rings is 2. The third-order valence-electron chi connectivity index (χ3n) is 3.78. The Hall–Kier alpha value is -2.82. The summed E-state index contributed by atoms with van der Waals surface area (Å²) in [6, 6.07) is 18.2. The highest BCUT2D eigenvalue weighted by atomic mass is 16.1. The van der Waals surface area contributed by atoms with Gasteiger partial charge in [0.25, 0.3) is 0 Å². The van der Waals surface area contributed by atoms with Crippen molar-refractivity contribution in [1.29, 1.82) is 0 Å². The normalized spacial score (nSPS) is 11.0. The van der Waals surface area contributed by atoms with Crippen LogP contribution in [0.3, 0.4) is 0 Å². The molecule has 2 aromatic rings. The van der Waals surface area contributed by atoms with Crippen molar-refractivity contribution in [2.45, 2.75) is 26.4 Å². The van der Waals surface area contributed by atoms with Crippen LogP contribution < -0.4 is 16.0 Å². The van der Waals surface area contributed by atoms with E-state index in [9.17, 15) is 4.79 Å². The van der Waals surface area contributed by atoms with Gasteiger partial charge in [-0.05, 0) is 18.1 Å². The minimum Gasteiger partial charge on any atom is -0.356 e. The monoisotopic (exact) mass is 338 g/mol. The van der Waals surface area contributed by atoms with E-state index in [1.165, 1.54) is 11.1 Å². The summed E-state index contributed by atoms with van der Waals surface area (Å²) in [7, 11) is 1.72. The van der Waals surface area contributed by atoms with Crippen molar-refractivity contribution in [2.24, 2.45) is 4.99 Å². The molecule has 0 aliphatic heterocycles. The molecule has 0 saturated heterocycles. The summed E-state index contributed by atoms with van der Waals surface area (Å²) >= 11 is 0. The SMILES string of the molecule is CN=C(NCCC(=O)NCc1ccccc1)NCc1ccc(C)cc1. The molecule has 1 amide bonds. The number of amides is 1. The zero-order valence-electron chi connectivity index (χ0n) is 14.9. The zero-order chi connectivity index (χ0) is 17.9. The molecule has 2 aromatic carbocycles. The fourth-order valence-electron chi connectivity index (χ4n) is 2.29. The smallest absolute Gasteiger partial charge is 0.222 e. The molecule has 2 rings (SSSR count). The molecule has 0 saturated carbocycles. The fourth-order valence-corrected chi connectivity index (χ4v) is 2.29. The molecule has 25 heavy (non-hydrogen) atoms. The fraction of sp³-hybridized carbons (Fsp3) is 0.300. The van der Waals surface area contributed by atoms with Crippen LogP contribution in [-0.4, -0.2) is 25.5 Å². The second kappa shape index (κ2) is 10.1. The van der Waals surface area contributed by atoms with Crippen LogP contribution in [-0.2, 0) is 17.9 Å². The summed E-state index contributed by atoms with van der Waals surface area (Å²) in [6.45, 7) is 3.86. The number of rotatable bonds is 7. The summed E-state index contributed by atoms with van der Waals surface area (Å²) < 4.78 is 0. The Kier molecular flexibility index (Phi) is 7.50. The van der Waals surface area contributed by atoms with Crippen molar-refractivity contribution in [2.75, 3.05) is 13.6 Å². The lowest BCUT2D eigenvalue weighted by molar-refractivity contribution is -0.121. The molecule has 0 bridgehead atoms. The number of aliphatic imine (C=N–C) groups is 1. The third-order valence-corrected chi connectivity index (χ3v) is 3.78. The molecule has 0 unspecified atom stereocenters. The molecule has 0 aliphatic carbocycles. The molecule has 0 spiro atoms. The van der Waals surface area contributed by atoms with Gasteiger partial charge < -0.3 is 16.0 Å². The van der Waals surface area contributed by atoms with Gasteiger partial charge in [0.1, 0.15) is 0 Å². The highest BCUT2D eigenvalue weighted by Crippen LogP contribution is 2.02. The van der Waals surface area contributed by atoms with E-state index in [0.717, 1.165) is 5.56 Å². The number of nitrogens with one attached hydrogen (secondary N) is 3. The van der Waals surface area contributed by atoms with Crippen molar-refractivity contribution in [3.63, 3.8) is 0 Å². The molecule has 0 fully saturated rings. The molecule has 0 heterocycles. The second-order valence-electron chi connectivity index (χ2n) is 5.85. The molecule has 0 radical (unpaired) electrons. The van der Waals surface area contributed by atoms with Gasteiger partial charge in [-0.2, -0.15) is 0 Å². The molecule has 0 atom stereocenters. The maximum atomic E-state index is 11.9. The van der Waals surface area contributed by atoms with Gasteiger partial charge in [-0.15, -0.1) is 0 Å². The van der Waals surface area contributed by atoms with Crippen LogP contribution in [0, 0.1) is 6.92 Å². The van der Waals surface area contributed by atoms with Crippen molar-refractivity contribution in [3.8, 4) is 0 Å². The quantitative estimate of drug-likeness (QED) is 0.536. The molecule has 0 aliphatic rings. The summed E-state index contributed by atoms with van der Waals surface area (Å²) in [4.78, 5) is 16.1. The van der Waals surface area contributed by atoms with E-state index in [1.807, 2.05) is 30.3 Å². The number of carbonyl (C=O) groups excluding carboxylic acids is 1. The summed E-state index contributed by atoms with van der Waals surface area (Å²) in [5.74, 6) is 0.710. The lowest BCUT2D eigenvalue weighted by Crippen LogP contribution is -2.38. The van der Waals surface area contributed by atoms with E-state index in [2.05, 4.69) is 52.1 Å². The second-order valence-corrected chi connectivity index (χ2v) is 5.85.